The fourth-order valence-electron chi connectivity index (χ4n) is 3.02. The molecule has 7 heteroatoms. The lowest BCUT2D eigenvalue weighted by Crippen LogP contribution is -2.07. The van der Waals surface area contributed by atoms with Gasteiger partial charge in [-0.1, -0.05) is 24.3 Å². The van der Waals surface area contributed by atoms with Crippen LogP contribution >= 0.6 is 0 Å². The molecule has 0 saturated carbocycles. The van der Waals surface area contributed by atoms with Crippen molar-refractivity contribution in [3.63, 3.8) is 0 Å². The number of benzene rings is 1. The molecule has 26 heavy (non-hydrogen) atoms. The number of nitrogens with two attached hydrogens (primary N) is 1. The number of nitrogens with zero attached hydrogens (tertiary/aromatic N) is 4. The second kappa shape index (κ2) is 7.03. The van der Waals surface area contributed by atoms with Gasteiger partial charge in [0.2, 0.25) is 0 Å². The van der Waals surface area contributed by atoms with E-state index in [-0.39, 0.29) is 6.01 Å². The second-order valence-corrected chi connectivity index (χ2v) is 6.19. The summed E-state index contributed by atoms with van der Waals surface area (Å²) in [7, 11) is 0. The smallest absolute Gasteiger partial charge is 0.320 e. The molecule has 1 aliphatic heterocycles. The van der Waals surface area contributed by atoms with Gasteiger partial charge in [-0.05, 0) is 37.5 Å². The Hall–Kier alpha value is -3.09. The molecule has 0 unspecified atom stereocenters. The molecule has 7 nitrogen and oxygen atoms in total. The molecule has 0 fully saturated rings. The zero-order chi connectivity index (χ0) is 17.9. The van der Waals surface area contributed by atoms with Crippen LogP contribution in [0.15, 0.2) is 36.4 Å². The molecule has 4 rings (SSSR count). The quantitative estimate of drug-likeness (QED) is 0.627. The first-order chi connectivity index (χ1) is 12.7. The molecule has 0 spiro atoms. The highest BCUT2D eigenvalue weighted by molar-refractivity contribution is 5.82. The van der Waals surface area contributed by atoms with Crippen LogP contribution in [0.2, 0.25) is 0 Å². The van der Waals surface area contributed by atoms with E-state index in [9.17, 15) is 0 Å². The lowest BCUT2D eigenvalue weighted by Gasteiger charge is -2.10. The van der Waals surface area contributed by atoms with Crippen molar-refractivity contribution in [2.24, 2.45) is 0 Å². The van der Waals surface area contributed by atoms with Gasteiger partial charge in [-0.25, -0.2) is 4.98 Å². The van der Waals surface area contributed by atoms with Gasteiger partial charge in [0.1, 0.15) is 18.2 Å². The number of rotatable bonds is 0. The number of imidazole rings is 1. The van der Waals surface area contributed by atoms with Gasteiger partial charge in [-0.15, -0.1) is 0 Å². The van der Waals surface area contributed by atoms with Crippen molar-refractivity contribution in [3.05, 3.63) is 47.8 Å². The fourth-order valence-corrected chi connectivity index (χ4v) is 3.02. The van der Waals surface area contributed by atoms with Crippen molar-refractivity contribution in [1.29, 1.82) is 0 Å². The Morgan fingerprint density at radius 3 is 2.96 bits per heavy atom. The van der Waals surface area contributed by atoms with E-state index >= 15 is 0 Å². The average molecular weight is 351 g/mol. The Balaban J connectivity index is 1.74. The first-order valence-electron chi connectivity index (χ1n) is 8.70. The summed E-state index contributed by atoms with van der Waals surface area (Å²) < 4.78 is 13.5. The van der Waals surface area contributed by atoms with Crippen LogP contribution in [0.5, 0.6) is 11.8 Å². The number of hydrogen-bond donors (Lipinski definition) is 1. The SMILES string of the molecule is Cc1nc2c(N)nc3nc2n1CCc1cccc(c1)OC/C=C/CCO3. The molecule has 1 aliphatic rings. The van der Waals surface area contributed by atoms with Crippen LogP contribution in [0.4, 0.5) is 5.82 Å². The summed E-state index contributed by atoms with van der Waals surface area (Å²) in [6.07, 6.45) is 5.58. The number of aromatic nitrogens is 4. The summed E-state index contributed by atoms with van der Waals surface area (Å²) in [5.74, 6) is 2.07. The maximum atomic E-state index is 6.07. The molecule has 3 aromatic rings. The first kappa shape index (κ1) is 16.4. The Morgan fingerprint density at radius 1 is 1.12 bits per heavy atom. The summed E-state index contributed by atoms with van der Waals surface area (Å²) in [5, 5.41) is 0. The molecule has 134 valence electrons. The molecular formula is C19H21N5O2. The maximum Gasteiger partial charge on any atom is 0.320 e. The maximum absolute atomic E-state index is 6.07. The number of fused-ring (bicyclic) bond motifs is 3. The normalized spacial score (nSPS) is 16.2. The van der Waals surface area contributed by atoms with Crippen LogP contribution < -0.4 is 15.2 Å². The van der Waals surface area contributed by atoms with Gasteiger partial charge in [-0.2, -0.15) is 9.97 Å². The van der Waals surface area contributed by atoms with E-state index in [1.807, 2.05) is 31.2 Å². The predicted octanol–water partition coefficient (Wildman–Crippen LogP) is 2.68. The Bertz CT molecular complexity index is 964. The first-order valence-corrected chi connectivity index (χ1v) is 8.70. The summed E-state index contributed by atoms with van der Waals surface area (Å²) in [4.78, 5) is 13.3. The van der Waals surface area contributed by atoms with Crippen molar-refractivity contribution in [3.8, 4) is 11.8 Å². The highest BCUT2D eigenvalue weighted by Gasteiger charge is 2.15. The highest BCUT2D eigenvalue weighted by atomic mass is 16.5. The molecule has 3 heterocycles. The lowest BCUT2D eigenvalue weighted by molar-refractivity contribution is 0.299. The zero-order valence-electron chi connectivity index (χ0n) is 14.7. The summed E-state index contributed by atoms with van der Waals surface area (Å²) in [5.41, 5.74) is 8.59. The van der Waals surface area contributed by atoms with Crippen molar-refractivity contribution in [1.82, 2.24) is 19.5 Å². The molecule has 2 N–H and O–H groups in total. The molecule has 4 bridgehead atoms. The van der Waals surface area contributed by atoms with Crippen molar-refractivity contribution in [2.45, 2.75) is 26.3 Å². The van der Waals surface area contributed by atoms with Crippen LogP contribution in [0, 0.1) is 6.92 Å². The average Bonchev–Trinajstić information content (AvgIpc) is 2.95. The van der Waals surface area contributed by atoms with Crippen LogP contribution in [0.1, 0.15) is 17.8 Å². The molecule has 0 aliphatic carbocycles. The number of hydrogen-bond acceptors (Lipinski definition) is 6. The van der Waals surface area contributed by atoms with Gasteiger partial charge in [0.05, 0.1) is 6.61 Å². The summed E-state index contributed by atoms with van der Waals surface area (Å²) in [6.45, 7) is 3.69. The van der Waals surface area contributed by atoms with Crippen molar-refractivity contribution < 1.29 is 9.47 Å². The van der Waals surface area contributed by atoms with Crippen molar-refractivity contribution >= 4 is 17.0 Å². The molecular weight excluding hydrogens is 330 g/mol. The topological polar surface area (TPSA) is 88.1 Å². The number of aryl methyl sites for hydroxylation is 3. The third kappa shape index (κ3) is 3.33. The number of ether oxygens (including phenoxy) is 2. The third-order valence-corrected chi connectivity index (χ3v) is 4.34. The second-order valence-electron chi connectivity index (χ2n) is 6.19. The van der Waals surface area contributed by atoms with E-state index in [1.54, 1.807) is 0 Å². The Morgan fingerprint density at radius 2 is 2.04 bits per heavy atom. The van der Waals surface area contributed by atoms with Gasteiger partial charge in [0.15, 0.2) is 17.0 Å². The molecule has 0 amide bonds. The highest BCUT2D eigenvalue weighted by Crippen LogP contribution is 2.22. The summed E-state index contributed by atoms with van der Waals surface area (Å²) >= 11 is 0. The van der Waals surface area contributed by atoms with E-state index in [0.29, 0.717) is 30.2 Å². The van der Waals surface area contributed by atoms with Crippen LogP contribution in [0.3, 0.4) is 0 Å². The minimum Gasteiger partial charge on any atom is -0.490 e. The van der Waals surface area contributed by atoms with Gasteiger partial charge in [0, 0.05) is 6.54 Å². The molecule has 0 atom stereocenters. The fraction of sp³-hybridized carbons (Fsp3) is 0.316. The van der Waals surface area contributed by atoms with E-state index in [1.165, 1.54) is 5.56 Å². The number of nitrogen functional groups attached to an aromatic ring is 1. The van der Waals surface area contributed by atoms with Crippen LogP contribution in [-0.4, -0.2) is 32.7 Å². The monoisotopic (exact) mass is 351 g/mol. The molecule has 0 saturated heterocycles. The van der Waals surface area contributed by atoms with Gasteiger partial charge >= 0.3 is 6.01 Å². The predicted molar refractivity (Wildman–Crippen MR) is 99.4 cm³/mol. The van der Waals surface area contributed by atoms with Crippen molar-refractivity contribution in [2.75, 3.05) is 18.9 Å². The standard InChI is InChI=1S/C19H21N5O2/c1-13-21-16-17(20)22-19-23-18(16)24(13)9-8-14-6-5-7-15(12-14)25-10-3-2-4-11-26-19/h2-3,5-7,12H,4,8-11H2,1H3,(H2,20,22,23)/b3-2+. The zero-order valence-corrected chi connectivity index (χ0v) is 14.7. The lowest BCUT2D eigenvalue weighted by atomic mass is 10.1. The van der Waals surface area contributed by atoms with Gasteiger partial charge in [-0.3, -0.25) is 0 Å². The minimum absolute atomic E-state index is 0.287. The van der Waals surface area contributed by atoms with Gasteiger partial charge in [0.25, 0.3) is 0 Å². The Labute approximate surface area is 151 Å². The molecule has 0 radical (unpaired) electrons. The van der Waals surface area contributed by atoms with Crippen LogP contribution in [-0.2, 0) is 13.0 Å². The van der Waals surface area contributed by atoms with E-state index in [0.717, 1.165) is 31.0 Å². The summed E-state index contributed by atoms with van der Waals surface area (Å²) in [6, 6.07) is 8.45. The molecule has 1 aromatic carbocycles. The van der Waals surface area contributed by atoms with E-state index in [4.69, 9.17) is 15.2 Å². The minimum atomic E-state index is 0.287. The molecule has 2 aromatic heterocycles. The van der Waals surface area contributed by atoms with E-state index in [2.05, 4.69) is 31.7 Å². The Kier molecular flexibility index (Phi) is 4.43. The van der Waals surface area contributed by atoms with Gasteiger partial charge < -0.3 is 19.8 Å². The number of anilines is 1. The third-order valence-electron chi connectivity index (χ3n) is 4.34. The van der Waals surface area contributed by atoms with E-state index < -0.39 is 0 Å². The van der Waals surface area contributed by atoms with Crippen LogP contribution in [0.25, 0.3) is 11.2 Å². The largest absolute Gasteiger partial charge is 0.490 e.